The number of hydrogen-bond acceptors (Lipinski definition) is 6. The van der Waals surface area contributed by atoms with Gasteiger partial charge in [0.05, 0.1) is 6.10 Å². The molecular weight excluding hydrogens is 276 g/mol. The first kappa shape index (κ1) is 15.1. The highest BCUT2D eigenvalue weighted by Gasteiger charge is 2.24. The maximum atomic E-state index is 12.1. The second-order valence-corrected chi connectivity index (χ2v) is 6.57. The van der Waals surface area contributed by atoms with E-state index in [1.54, 1.807) is 0 Å². The third-order valence-electron chi connectivity index (χ3n) is 3.34. The summed E-state index contributed by atoms with van der Waals surface area (Å²) in [6.45, 7) is 4.59. The van der Waals surface area contributed by atoms with Gasteiger partial charge in [0.15, 0.2) is 5.13 Å². The zero-order chi connectivity index (χ0) is 14.7. The number of aromatic nitrogens is 1. The summed E-state index contributed by atoms with van der Waals surface area (Å²) in [5.74, 6) is 0.441. The Hall–Kier alpha value is -1.34. The zero-order valence-electron chi connectivity index (χ0n) is 11.8. The lowest BCUT2D eigenvalue weighted by Gasteiger charge is -2.10. The van der Waals surface area contributed by atoms with E-state index in [1.165, 1.54) is 11.3 Å². The molecule has 20 heavy (non-hydrogen) atoms. The predicted molar refractivity (Wildman–Crippen MR) is 81.0 cm³/mol. The van der Waals surface area contributed by atoms with Crippen LogP contribution in [-0.4, -0.2) is 34.7 Å². The van der Waals surface area contributed by atoms with E-state index in [1.807, 2.05) is 13.8 Å². The van der Waals surface area contributed by atoms with Gasteiger partial charge < -0.3 is 21.5 Å². The summed E-state index contributed by atoms with van der Waals surface area (Å²) in [6.07, 6.45) is 2.33. The van der Waals surface area contributed by atoms with Gasteiger partial charge in [-0.05, 0) is 39.0 Å². The van der Waals surface area contributed by atoms with Gasteiger partial charge in [-0.15, -0.1) is 0 Å². The lowest BCUT2D eigenvalue weighted by Crippen LogP contribution is -2.28. The lowest BCUT2D eigenvalue weighted by molar-refractivity contribution is 0.0950. The van der Waals surface area contributed by atoms with Crippen LogP contribution in [0.15, 0.2) is 0 Å². The second kappa shape index (κ2) is 6.41. The van der Waals surface area contributed by atoms with E-state index in [0.29, 0.717) is 22.5 Å². The summed E-state index contributed by atoms with van der Waals surface area (Å²) >= 11 is 1.27. The minimum Gasteiger partial charge on any atom is -0.393 e. The molecule has 0 bridgehead atoms. The Bertz CT molecular complexity index is 475. The number of hydrogen-bond donors (Lipinski definition) is 4. The predicted octanol–water partition coefficient (Wildman–Crippen LogP) is 1.44. The van der Waals surface area contributed by atoms with Crippen molar-refractivity contribution in [2.45, 2.75) is 45.3 Å². The topological polar surface area (TPSA) is 100 Å². The van der Waals surface area contributed by atoms with Crippen LogP contribution in [0.2, 0.25) is 0 Å². The van der Waals surface area contributed by atoms with Crippen molar-refractivity contribution in [3.63, 3.8) is 0 Å². The average molecular weight is 298 g/mol. The van der Waals surface area contributed by atoms with E-state index in [4.69, 9.17) is 5.73 Å². The number of nitrogens with zero attached hydrogens (tertiary/aromatic N) is 1. The van der Waals surface area contributed by atoms with Crippen molar-refractivity contribution in [2.24, 2.45) is 5.92 Å². The molecule has 2 unspecified atom stereocenters. The molecule has 0 radical (unpaired) electrons. The van der Waals surface area contributed by atoms with E-state index in [-0.39, 0.29) is 23.9 Å². The Morgan fingerprint density at radius 1 is 1.55 bits per heavy atom. The first-order valence-electron chi connectivity index (χ1n) is 6.94. The van der Waals surface area contributed by atoms with E-state index in [9.17, 15) is 9.90 Å². The highest BCUT2D eigenvalue weighted by molar-refractivity contribution is 7.18. The molecule has 1 amide bonds. The Morgan fingerprint density at radius 3 is 2.90 bits per heavy atom. The van der Waals surface area contributed by atoms with Crippen molar-refractivity contribution >= 4 is 28.2 Å². The minimum atomic E-state index is -0.216. The van der Waals surface area contributed by atoms with E-state index < -0.39 is 0 Å². The van der Waals surface area contributed by atoms with Crippen LogP contribution in [0.1, 0.15) is 42.8 Å². The number of aliphatic hydroxyl groups is 1. The number of nitrogens with two attached hydrogens (primary N) is 1. The molecule has 1 aromatic heterocycles. The molecule has 1 heterocycles. The molecule has 0 saturated heterocycles. The van der Waals surface area contributed by atoms with Crippen molar-refractivity contribution in [3.8, 4) is 0 Å². The number of amides is 1. The Kier molecular flexibility index (Phi) is 4.82. The maximum absolute atomic E-state index is 12.1. The number of nitrogen functional groups attached to an aromatic ring is 1. The van der Waals surface area contributed by atoms with Crippen molar-refractivity contribution in [3.05, 3.63) is 4.88 Å². The fourth-order valence-corrected chi connectivity index (χ4v) is 3.30. The Morgan fingerprint density at radius 2 is 2.30 bits per heavy atom. The molecule has 0 aromatic carbocycles. The largest absolute Gasteiger partial charge is 0.393 e. The molecule has 1 aliphatic carbocycles. The van der Waals surface area contributed by atoms with Crippen LogP contribution in [0.5, 0.6) is 0 Å². The SMILES string of the molecule is CC(C)Nc1nc(N)c(C(=O)NCC2CCC(O)C2)s1. The van der Waals surface area contributed by atoms with Crippen LogP contribution in [0, 0.1) is 5.92 Å². The van der Waals surface area contributed by atoms with Gasteiger partial charge in [0, 0.05) is 12.6 Å². The third kappa shape index (κ3) is 3.83. The number of rotatable bonds is 5. The molecule has 1 aliphatic rings. The Balaban J connectivity index is 1.90. The second-order valence-electron chi connectivity index (χ2n) is 5.58. The summed E-state index contributed by atoms with van der Waals surface area (Å²) in [6, 6.07) is 0.247. The number of carbonyl (C=O) groups excluding carboxylic acids is 1. The summed E-state index contributed by atoms with van der Waals surface area (Å²) in [4.78, 5) is 16.7. The molecule has 7 heteroatoms. The van der Waals surface area contributed by atoms with Gasteiger partial charge >= 0.3 is 0 Å². The van der Waals surface area contributed by atoms with Crippen LogP contribution in [0.3, 0.4) is 0 Å². The van der Waals surface area contributed by atoms with Crippen molar-refractivity contribution in [2.75, 3.05) is 17.6 Å². The smallest absolute Gasteiger partial charge is 0.265 e. The van der Waals surface area contributed by atoms with Crippen LogP contribution in [-0.2, 0) is 0 Å². The quantitative estimate of drug-likeness (QED) is 0.659. The Labute approximate surface area is 122 Å². The first-order chi connectivity index (χ1) is 9.45. The van der Waals surface area contributed by atoms with E-state index >= 15 is 0 Å². The summed E-state index contributed by atoms with van der Waals surface area (Å²) in [7, 11) is 0. The minimum absolute atomic E-state index is 0.182. The summed E-state index contributed by atoms with van der Waals surface area (Å²) < 4.78 is 0. The normalized spacial score (nSPS) is 22.2. The molecule has 1 fully saturated rings. The molecular formula is C13H22N4O2S. The first-order valence-corrected chi connectivity index (χ1v) is 7.76. The van der Waals surface area contributed by atoms with Gasteiger partial charge in [0.2, 0.25) is 0 Å². The van der Waals surface area contributed by atoms with Gasteiger partial charge in [-0.1, -0.05) is 11.3 Å². The summed E-state index contributed by atoms with van der Waals surface area (Å²) in [5, 5.41) is 16.1. The molecule has 0 spiro atoms. The molecule has 2 atom stereocenters. The number of carbonyl (C=O) groups is 1. The monoisotopic (exact) mass is 298 g/mol. The standard InChI is InChI=1S/C13H22N4O2S/c1-7(2)16-13-17-11(14)10(20-13)12(19)15-6-8-3-4-9(18)5-8/h7-9,18H,3-6,14H2,1-2H3,(H,15,19)(H,16,17). The van der Waals surface area contributed by atoms with Crippen molar-refractivity contribution in [1.29, 1.82) is 0 Å². The molecule has 6 nitrogen and oxygen atoms in total. The molecule has 112 valence electrons. The fourth-order valence-electron chi connectivity index (χ4n) is 2.35. The summed E-state index contributed by atoms with van der Waals surface area (Å²) in [5.41, 5.74) is 5.78. The van der Waals surface area contributed by atoms with Gasteiger partial charge in [-0.2, -0.15) is 0 Å². The van der Waals surface area contributed by atoms with Crippen molar-refractivity contribution < 1.29 is 9.90 Å². The van der Waals surface area contributed by atoms with E-state index in [0.717, 1.165) is 19.3 Å². The molecule has 5 N–H and O–H groups in total. The average Bonchev–Trinajstić information content (AvgIpc) is 2.92. The molecule has 0 aliphatic heterocycles. The van der Waals surface area contributed by atoms with Gasteiger partial charge in [-0.3, -0.25) is 4.79 Å². The van der Waals surface area contributed by atoms with Crippen LogP contribution >= 0.6 is 11.3 Å². The number of thiazole rings is 1. The third-order valence-corrected chi connectivity index (χ3v) is 4.34. The highest BCUT2D eigenvalue weighted by atomic mass is 32.1. The number of anilines is 2. The van der Waals surface area contributed by atoms with E-state index in [2.05, 4.69) is 15.6 Å². The molecule has 1 saturated carbocycles. The fraction of sp³-hybridized carbons (Fsp3) is 0.692. The maximum Gasteiger partial charge on any atom is 0.265 e. The zero-order valence-corrected chi connectivity index (χ0v) is 12.7. The van der Waals surface area contributed by atoms with Crippen LogP contribution in [0.25, 0.3) is 0 Å². The molecule has 1 aromatic rings. The van der Waals surface area contributed by atoms with Crippen LogP contribution < -0.4 is 16.4 Å². The van der Waals surface area contributed by atoms with Gasteiger partial charge in [0.25, 0.3) is 5.91 Å². The molecule has 2 rings (SSSR count). The van der Waals surface area contributed by atoms with Gasteiger partial charge in [-0.25, -0.2) is 4.98 Å². The van der Waals surface area contributed by atoms with Crippen LogP contribution in [0.4, 0.5) is 10.9 Å². The lowest BCUT2D eigenvalue weighted by atomic mass is 10.1. The van der Waals surface area contributed by atoms with Crippen molar-refractivity contribution in [1.82, 2.24) is 10.3 Å². The number of aliphatic hydroxyl groups excluding tert-OH is 1. The highest BCUT2D eigenvalue weighted by Crippen LogP contribution is 2.27. The van der Waals surface area contributed by atoms with Gasteiger partial charge in [0.1, 0.15) is 10.7 Å². The number of nitrogens with one attached hydrogen (secondary N) is 2.